The lowest BCUT2D eigenvalue weighted by Gasteiger charge is -2.19. The Morgan fingerprint density at radius 1 is 1.40 bits per heavy atom. The fourth-order valence-electron chi connectivity index (χ4n) is 1.75. The lowest BCUT2D eigenvalue weighted by atomic mass is 9.95. The first-order valence-electron chi connectivity index (χ1n) is 5.06. The molecule has 1 amide bonds. The molecule has 2 bridgehead atoms. The minimum absolute atomic E-state index is 0.248. The first-order chi connectivity index (χ1) is 7.25. The van der Waals surface area contributed by atoms with E-state index in [9.17, 15) is 4.79 Å². The van der Waals surface area contributed by atoms with Crippen molar-refractivity contribution >= 4 is 5.91 Å². The molecule has 0 aromatic heterocycles. The van der Waals surface area contributed by atoms with Gasteiger partial charge in [0.05, 0.1) is 0 Å². The van der Waals surface area contributed by atoms with Crippen molar-refractivity contribution in [3.05, 3.63) is 47.3 Å². The lowest BCUT2D eigenvalue weighted by molar-refractivity contribution is -0.117. The molecular weight excluding hydrogens is 188 g/mol. The van der Waals surface area contributed by atoms with Gasteiger partial charge in [0.2, 0.25) is 5.91 Å². The molecule has 0 unspecified atom stereocenters. The van der Waals surface area contributed by atoms with E-state index in [1.54, 1.807) is 0 Å². The fourth-order valence-corrected chi connectivity index (χ4v) is 1.75. The van der Waals surface area contributed by atoms with E-state index in [0.29, 0.717) is 6.42 Å². The number of rotatable bonds is 3. The molecular formula is C12H14N2O. The van der Waals surface area contributed by atoms with Gasteiger partial charge in [0.15, 0.2) is 0 Å². The largest absolute Gasteiger partial charge is 0.370 e. The number of allylic oxidation sites excluding steroid dienone is 6. The highest BCUT2D eigenvalue weighted by Crippen LogP contribution is 2.27. The van der Waals surface area contributed by atoms with Gasteiger partial charge in [-0.05, 0) is 23.6 Å². The average molecular weight is 202 g/mol. The second kappa shape index (κ2) is 4.17. The molecule has 0 saturated heterocycles. The van der Waals surface area contributed by atoms with Gasteiger partial charge in [-0.25, -0.2) is 0 Å². The van der Waals surface area contributed by atoms with E-state index in [1.807, 2.05) is 18.4 Å². The van der Waals surface area contributed by atoms with E-state index >= 15 is 0 Å². The van der Waals surface area contributed by atoms with E-state index in [2.05, 4.69) is 17.5 Å². The Morgan fingerprint density at radius 2 is 2.20 bits per heavy atom. The van der Waals surface area contributed by atoms with Gasteiger partial charge in [0.1, 0.15) is 0 Å². The fraction of sp³-hybridized carbons (Fsp3) is 0.250. The third kappa shape index (κ3) is 2.37. The predicted octanol–water partition coefficient (Wildman–Crippen LogP) is 1.51. The number of nitrogens with two attached hydrogens (primary N) is 1. The van der Waals surface area contributed by atoms with Crippen molar-refractivity contribution in [1.29, 1.82) is 0 Å². The Bertz CT molecular complexity index is 400. The summed E-state index contributed by atoms with van der Waals surface area (Å²) in [6.07, 6.45) is 12.2. The minimum atomic E-state index is -0.248. The molecule has 1 aliphatic heterocycles. The second-order valence-electron chi connectivity index (χ2n) is 3.73. The van der Waals surface area contributed by atoms with Crippen molar-refractivity contribution < 1.29 is 4.79 Å². The van der Waals surface area contributed by atoms with Crippen LogP contribution in [0.4, 0.5) is 0 Å². The molecule has 0 saturated carbocycles. The van der Waals surface area contributed by atoms with Crippen molar-refractivity contribution in [3.63, 3.8) is 0 Å². The second-order valence-corrected chi connectivity index (χ2v) is 3.73. The van der Waals surface area contributed by atoms with E-state index in [4.69, 9.17) is 5.73 Å². The maximum Gasteiger partial charge on any atom is 0.217 e. The molecule has 3 heteroatoms. The molecule has 0 spiro atoms. The zero-order chi connectivity index (χ0) is 10.7. The number of hydrogen-bond donors (Lipinski definition) is 2. The number of carbonyl (C=O) groups is 1. The SMILES string of the molecule is NC(=O)CCC1=CNC2=CC=CC=C1C2. The molecule has 2 rings (SSSR count). The summed E-state index contributed by atoms with van der Waals surface area (Å²) in [4.78, 5) is 10.7. The van der Waals surface area contributed by atoms with Crippen LogP contribution >= 0.6 is 0 Å². The van der Waals surface area contributed by atoms with Crippen molar-refractivity contribution in [2.75, 3.05) is 0 Å². The molecule has 3 N–H and O–H groups in total. The van der Waals surface area contributed by atoms with Crippen LogP contribution in [-0.2, 0) is 4.79 Å². The number of primary amides is 1. The summed E-state index contributed by atoms with van der Waals surface area (Å²) in [6, 6.07) is 0. The molecule has 0 radical (unpaired) electrons. The van der Waals surface area contributed by atoms with Gasteiger partial charge in [0.25, 0.3) is 0 Å². The highest BCUT2D eigenvalue weighted by Gasteiger charge is 2.14. The van der Waals surface area contributed by atoms with Gasteiger partial charge < -0.3 is 11.1 Å². The number of amides is 1. The molecule has 3 nitrogen and oxygen atoms in total. The summed E-state index contributed by atoms with van der Waals surface area (Å²) < 4.78 is 0. The molecule has 0 atom stereocenters. The first-order valence-corrected chi connectivity index (χ1v) is 5.06. The molecule has 0 aromatic carbocycles. The number of fused-ring (bicyclic) bond motifs is 2. The number of hydrogen-bond acceptors (Lipinski definition) is 2. The molecule has 1 heterocycles. The summed E-state index contributed by atoms with van der Waals surface area (Å²) in [5.74, 6) is -0.248. The minimum Gasteiger partial charge on any atom is -0.370 e. The predicted molar refractivity (Wildman–Crippen MR) is 59.6 cm³/mol. The van der Waals surface area contributed by atoms with E-state index in [0.717, 1.165) is 12.8 Å². The molecule has 1 aliphatic carbocycles. The number of nitrogens with one attached hydrogen (secondary N) is 1. The van der Waals surface area contributed by atoms with Crippen LogP contribution in [0.3, 0.4) is 0 Å². The van der Waals surface area contributed by atoms with Crippen LogP contribution in [0.15, 0.2) is 47.3 Å². The van der Waals surface area contributed by atoms with Crippen LogP contribution < -0.4 is 11.1 Å². The van der Waals surface area contributed by atoms with Crippen LogP contribution in [-0.4, -0.2) is 5.91 Å². The van der Waals surface area contributed by atoms with E-state index < -0.39 is 0 Å². The summed E-state index contributed by atoms with van der Waals surface area (Å²) >= 11 is 0. The molecule has 0 fully saturated rings. The third-order valence-electron chi connectivity index (χ3n) is 2.57. The van der Waals surface area contributed by atoms with Crippen LogP contribution in [0.2, 0.25) is 0 Å². The van der Waals surface area contributed by atoms with Gasteiger partial charge in [0, 0.05) is 24.7 Å². The maximum atomic E-state index is 10.7. The summed E-state index contributed by atoms with van der Waals surface area (Å²) in [5.41, 5.74) is 8.78. The summed E-state index contributed by atoms with van der Waals surface area (Å²) in [5, 5.41) is 3.22. The third-order valence-corrected chi connectivity index (χ3v) is 2.57. The van der Waals surface area contributed by atoms with Gasteiger partial charge in [-0.1, -0.05) is 18.2 Å². The van der Waals surface area contributed by atoms with Crippen molar-refractivity contribution in [2.45, 2.75) is 19.3 Å². The highest BCUT2D eigenvalue weighted by atomic mass is 16.1. The van der Waals surface area contributed by atoms with Crippen LogP contribution in [0.5, 0.6) is 0 Å². The smallest absolute Gasteiger partial charge is 0.217 e. The topological polar surface area (TPSA) is 55.1 Å². The average Bonchev–Trinajstić information content (AvgIpc) is 2.40. The van der Waals surface area contributed by atoms with Gasteiger partial charge in [-0.3, -0.25) is 4.79 Å². The first kappa shape index (κ1) is 9.77. The van der Waals surface area contributed by atoms with Gasteiger partial charge in [-0.2, -0.15) is 0 Å². The Hall–Kier alpha value is -1.77. The van der Waals surface area contributed by atoms with E-state index in [-0.39, 0.29) is 5.91 Å². The number of carbonyl (C=O) groups excluding carboxylic acids is 1. The Morgan fingerprint density at radius 3 is 3.00 bits per heavy atom. The van der Waals surface area contributed by atoms with Crippen LogP contribution in [0, 0.1) is 0 Å². The Kier molecular flexibility index (Phi) is 2.72. The molecule has 2 aliphatic rings. The van der Waals surface area contributed by atoms with Crippen molar-refractivity contribution in [1.82, 2.24) is 5.32 Å². The molecule has 78 valence electrons. The summed E-state index contributed by atoms with van der Waals surface area (Å²) in [7, 11) is 0. The zero-order valence-electron chi connectivity index (χ0n) is 8.49. The monoisotopic (exact) mass is 202 g/mol. The molecule has 0 aromatic rings. The van der Waals surface area contributed by atoms with Crippen LogP contribution in [0.1, 0.15) is 19.3 Å². The standard InChI is InChI=1S/C12H14N2O/c13-12(15)6-5-10-8-14-11-4-2-1-3-9(10)7-11/h1-4,8,14H,5-7H2,(H2,13,15). The van der Waals surface area contributed by atoms with Crippen molar-refractivity contribution in [3.8, 4) is 0 Å². The van der Waals surface area contributed by atoms with Crippen molar-refractivity contribution in [2.24, 2.45) is 5.73 Å². The Labute approximate surface area is 89.0 Å². The quantitative estimate of drug-likeness (QED) is 0.728. The van der Waals surface area contributed by atoms with E-state index in [1.165, 1.54) is 16.8 Å². The van der Waals surface area contributed by atoms with Crippen LogP contribution in [0.25, 0.3) is 0 Å². The van der Waals surface area contributed by atoms with Gasteiger partial charge >= 0.3 is 0 Å². The maximum absolute atomic E-state index is 10.7. The molecule has 15 heavy (non-hydrogen) atoms. The zero-order valence-corrected chi connectivity index (χ0v) is 8.49. The highest BCUT2D eigenvalue weighted by molar-refractivity contribution is 5.74. The lowest BCUT2D eigenvalue weighted by Crippen LogP contribution is -2.16. The normalized spacial score (nSPS) is 18.3. The summed E-state index contributed by atoms with van der Waals surface area (Å²) in [6.45, 7) is 0. The Balaban J connectivity index is 2.13. The van der Waals surface area contributed by atoms with Gasteiger partial charge in [-0.15, -0.1) is 0 Å².